The van der Waals surface area contributed by atoms with E-state index in [0.717, 1.165) is 12.0 Å². The molecule has 18 heavy (non-hydrogen) atoms. The minimum Gasteiger partial charge on any atom is -0.508 e. The van der Waals surface area contributed by atoms with Crippen molar-refractivity contribution in [2.75, 3.05) is 6.61 Å². The first-order valence-corrected chi connectivity index (χ1v) is 6.19. The number of carbonyl (C=O) groups is 1. The number of phenolic OH excluding ortho intramolecular Hbond substituents is 1. The fraction of sp³-hybridized carbons (Fsp3) is 0.500. The molecule has 1 aromatic rings. The van der Waals surface area contributed by atoms with Crippen LogP contribution in [0.15, 0.2) is 24.3 Å². The molecule has 0 aliphatic carbocycles. The third-order valence-corrected chi connectivity index (χ3v) is 3.19. The zero-order chi connectivity index (χ0) is 13.6. The van der Waals surface area contributed by atoms with E-state index in [1.807, 2.05) is 13.8 Å². The van der Waals surface area contributed by atoms with Gasteiger partial charge in [-0.05, 0) is 37.5 Å². The van der Waals surface area contributed by atoms with Gasteiger partial charge in [-0.15, -0.1) is 0 Å². The predicted octanol–water partition coefficient (Wildman–Crippen LogP) is 1.60. The van der Waals surface area contributed by atoms with Crippen LogP contribution in [0.3, 0.4) is 0 Å². The van der Waals surface area contributed by atoms with Gasteiger partial charge in [0.15, 0.2) is 0 Å². The molecule has 1 aromatic carbocycles. The first-order valence-electron chi connectivity index (χ1n) is 6.19. The van der Waals surface area contributed by atoms with Crippen LogP contribution in [-0.2, 0) is 11.2 Å². The molecule has 0 aliphatic heterocycles. The van der Waals surface area contributed by atoms with Crippen LogP contribution in [0.5, 0.6) is 5.75 Å². The summed E-state index contributed by atoms with van der Waals surface area (Å²) in [6.45, 7) is 3.97. The molecule has 100 valence electrons. The van der Waals surface area contributed by atoms with E-state index in [1.54, 1.807) is 24.3 Å². The molecule has 0 aliphatic rings. The van der Waals surface area contributed by atoms with Crippen LogP contribution in [0.4, 0.5) is 0 Å². The molecule has 0 heterocycles. The average Bonchev–Trinajstić information content (AvgIpc) is 2.32. The molecule has 1 amide bonds. The van der Waals surface area contributed by atoms with E-state index in [0.29, 0.717) is 6.42 Å². The monoisotopic (exact) mass is 251 g/mol. The summed E-state index contributed by atoms with van der Waals surface area (Å²) in [6, 6.07) is 6.58. The van der Waals surface area contributed by atoms with Crippen molar-refractivity contribution in [1.29, 1.82) is 0 Å². The maximum absolute atomic E-state index is 11.9. The highest BCUT2D eigenvalue weighted by molar-refractivity contribution is 5.79. The van der Waals surface area contributed by atoms with Crippen LogP contribution >= 0.6 is 0 Å². The van der Waals surface area contributed by atoms with Crippen molar-refractivity contribution in [3.05, 3.63) is 29.8 Å². The van der Waals surface area contributed by atoms with Gasteiger partial charge in [0.1, 0.15) is 5.75 Å². The third-order valence-electron chi connectivity index (χ3n) is 3.19. The smallest absolute Gasteiger partial charge is 0.224 e. The second-order valence-corrected chi connectivity index (χ2v) is 4.78. The lowest BCUT2D eigenvalue weighted by atomic mass is 9.94. The van der Waals surface area contributed by atoms with E-state index in [2.05, 4.69) is 5.32 Å². The molecule has 3 N–H and O–H groups in total. The topological polar surface area (TPSA) is 69.6 Å². The lowest BCUT2D eigenvalue weighted by molar-refractivity contribution is -0.122. The number of aliphatic hydroxyl groups excluding tert-OH is 1. The van der Waals surface area contributed by atoms with Gasteiger partial charge in [-0.3, -0.25) is 4.79 Å². The van der Waals surface area contributed by atoms with Crippen molar-refractivity contribution in [2.45, 2.75) is 38.6 Å². The summed E-state index contributed by atoms with van der Waals surface area (Å²) in [5.41, 5.74) is 0.496. The Morgan fingerprint density at radius 1 is 1.33 bits per heavy atom. The van der Waals surface area contributed by atoms with Gasteiger partial charge in [-0.2, -0.15) is 0 Å². The van der Waals surface area contributed by atoms with Crippen LogP contribution < -0.4 is 5.32 Å². The SMILES string of the molecule is CCC(C)(CCO)NC(=O)Cc1ccc(O)cc1. The number of aliphatic hydroxyl groups is 1. The lowest BCUT2D eigenvalue weighted by Gasteiger charge is -2.29. The molecular formula is C14H21NO3. The quantitative estimate of drug-likeness (QED) is 0.719. The summed E-state index contributed by atoms with van der Waals surface area (Å²) in [5, 5.41) is 21.1. The Bertz CT molecular complexity index is 389. The van der Waals surface area contributed by atoms with Crippen LogP contribution in [0.1, 0.15) is 32.3 Å². The second kappa shape index (κ2) is 6.40. The Balaban J connectivity index is 2.58. The maximum Gasteiger partial charge on any atom is 0.224 e. The van der Waals surface area contributed by atoms with Crippen LogP contribution in [0.25, 0.3) is 0 Å². The normalized spacial score (nSPS) is 13.9. The summed E-state index contributed by atoms with van der Waals surface area (Å²) in [4.78, 5) is 11.9. The highest BCUT2D eigenvalue weighted by Gasteiger charge is 2.23. The fourth-order valence-corrected chi connectivity index (χ4v) is 1.75. The molecular weight excluding hydrogens is 230 g/mol. The van der Waals surface area contributed by atoms with Crippen LogP contribution in [0.2, 0.25) is 0 Å². The molecule has 4 heteroatoms. The highest BCUT2D eigenvalue weighted by Crippen LogP contribution is 2.15. The number of hydrogen-bond donors (Lipinski definition) is 3. The van der Waals surface area contributed by atoms with Gasteiger partial charge in [0.2, 0.25) is 5.91 Å². The van der Waals surface area contributed by atoms with Crippen molar-refractivity contribution in [1.82, 2.24) is 5.32 Å². The van der Waals surface area contributed by atoms with E-state index in [4.69, 9.17) is 10.2 Å². The highest BCUT2D eigenvalue weighted by atomic mass is 16.3. The van der Waals surface area contributed by atoms with Crippen LogP contribution in [-0.4, -0.2) is 28.3 Å². The number of benzene rings is 1. The molecule has 0 aromatic heterocycles. The predicted molar refractivity (Wildman–Crippen MR) is 70.4 cm³/mol. The first-order chi connectivity index (χ1) is 8.49. The van der Waals surface area contributed by atoms with Crippen molar-refractivity contribution >= 4 is 5.91 Å². The number of phenols is 1. The van der Waals surface area contributed by atoms with E-state index in [-0.39, 0.29) is 30.2 Å². The molecule has 0 spiro atoms. The summed E-state index contributed by atoms with van der Waals surface area (Å²) in [6.07, 6.45) is 1.60. The van der Waals surface area contributed by atoms with E-state index >= 15 is 0 Å². The summed E-state index contributed by atoms with van der Waals surface area (Å²) < 4.78 is 0. The molecule has 0 radical (unpaired) electrons. The molecule has 0 fully saturated rings. The Hall–Kier alpha value is -1.55. The van der Waals surface area contributed by atoms with Gasteiger partial charge < -0.3 is 15.5 Å². The van der Waals surface area contributed by atoms with Gasteiger partial charge in [-0.25, -0.2) is 0 Å². The Kier molecular flexibility index (Phi) is 5.16. The van der Waals surface area contributed by atoms with Gasteiger partial charge in [0.25, 0.3) is 0 Å². The minimum absolute atomic E-state index is 0.0594. The number of aromatic hydroxyl groups is 1. The number of rotatable bonds is 6. The van der Waals surface area contributed by atoms with Crippen molar-refractivity contribution in [3.8, 4) is 5.75 Å². The maximum atomic E-state index is 11.9. The van der Waals surface area contributed by atoms with Crippen molar-refractivity contribution in [2.24, 2.45) is 0 Å². The number of amides is 1. The number of carbonyl (C=O) groups excluding carboxylic acids is 1. The van der Waals surface area contributed by atoms with E-state index in [9.17, 15) is 4.79 Å². The molecule has 1 atom stereocenters. The largest absolute Gasteiger partial charge is 0.508 e. The van der Waals surface area contributed by atoms with E-state index in [1.165, 1.54) is 0 Å². The average molecular weight is 251 g/mol. The lowest BCUT2D eigenvalue weighted by Crippen LogP contribution is -2.46. The van der Waals surface area contributed by atoms with Gasteiger partial charge in [0.05, 0.1) is 6.42 Å². The zero-order valence-electron chi connectivity index (χ0n) is 10.9. The molecule has 1 unspecified atom stereocenters. The number of hydrogen-bond acceptors (Lipinski definition) is 3. The Morgan fingerprint density at radius 2 is 1.94 bits per heavy atom. The fourth-order valence-electron chi connectivity index (χ4n) is 1.75. The molecule has 0 saturated heterocycles. The summed E-state index contributed by atoms with van der Waals surface area (Å²) in [5.74, 6) is 0.122. The minimum atomic E-state index is -0.358. The molecule has 0 saturated carbocycles. The van der Waals surface area contributed by atoms with Crippen LogP contribution in [0, 0.1) is 0 Å². The standard InChI is InChI=1S/C14H21NO3/c1-3-14(2,8-9-16)15-13(18)10-11-4-6-12(17)7-5-11/h4-7,16-17H,3,8-10H2,1-2H3,(H,15,18). The Morgan fingerprint density at radius 3 is 2.44 bits per heavy atom. The third kappa shape index (κ3) is 4.37. The summed E-state index contributed by atoms with van der Waals surface area (Å²) in [7, 11) is 0. The van der Waals surface area contributed by atoms with Gasteiger partial charge in [-0.1, -0.05) is 19.1 Å². The Labute approximate surface area is 108 Å². The zero-order valence-corrected chi connectivity index (χ0v) is 10.9. The molecule has 4 nitrogen and oxygen atoms in total. The van der Waals surface area contributed by atoms with Crippen molar-refractivity contribution < 1.29 is 15.0 Å². The van der Waals surface area contributed by atoms with E-state index < -0.39 is 0 Å². The molecule has 1 rings (SSSR count). The molecule has 0 bridgehead atoms. The van der Waals surface area contributed by atoms with Gasteiger partial charge in [0, 0.05) is 12.1 Å². The number of nitrogens with one attached hydrogen (secondary N) is 1. The second-order valence-electron chi connectivity index (χ2n) is 4.78. The first kappa shape index (κ1) is 14.5. The van der Waals surface area contributed by atoms with Gasteiger partial charge >= 0.3 is 0 Å². The van der Waals surface area contributed by atoms with Crippen molar-refractivity contribution in [3.63, 3.8) is 0 Å². The summed E-state index contributed by atoms with van der Waals surface area (Å²) >= 11 is 0.